The van der Waals surface area contributed by atoms with Crippen molar-refractivity contribution in [1.29, 1.82) is 0 Å². The van der Waals surface area contributed by atoms with Crippen molar-refractivity contribution in [2.75, 3.05) is 11.4 Å². The molecule has 27 heavy (non-hydrogen) atoms. The highest BCUT2D eigenvalue weighted by Crippen LogP contribution is 2.43. The first kappa shape index (κ1) is 17.5. The lowest BCUT2D eigenvalue weighted by molar-refractivity contribution is -0.131. The molecule has 0 bridgehead atoms. The summed E-state index contributed by atoms with van der Waals surface area (Å²) in [6.45, 7) is 2.07. The van der Waals surface area contributed by atoms with E-state index in [1.165, 1.54) is 4.31 Å². The molecular formula is C21H20N2O3S. The predicted octanol–water partition coefficient (Wildman–Crippen LogP) is 3.40. The highest BCUT2D eigenvalue weighted by molar-refractivity contribution is 7.93. The predicted molar refractivity (Wildman–Crippen MR) is 106 cm³/mol. The first-order valence-electron chi connectivity index (χ1n) is 8.76. The normalized spacial score (nSPS) is 15.7. The summed E-state index contributed by atoms with van der Waals surface area (Å²) in [6.07, 6.45) is 0. The van der Waals surface area contributed by atoms with E-state index in [9.17, 15) is 13.2 Å². The van der Waals surface area contributed by atoms with Crippen LogP contribution in [0.25, 0.3) is 10.8 Å². The highest BCUT2D eigenvalue weighted by atomic mass is 32.2. The number of nitrogens with zero attached hydrogens (tertiary/aromatic N) is 2. The van der Waals surface area contributed by atoms with Gasteiger partial charge in [-0.25, -0.2) is 8.42 Å². The maximum Gasteiger partial charge on any atom is 0.265 e. The third-order valence-corrected chi connectivity index (χ3v) is 6.89. The van der Waals surface area contributed by atoms with Gasteiger partial charge in [-0.1, -0.05) is 54.6 Å². The largest absolute Gasteiger partial charge is 0.340 e. The van der Waals surface area contributed by atoms with Gasteiger partial charge in [-0.05, 0) is 30.0 Å². The summed E-state index contributed by atoms with van der Waals surface area (Å²) in [5, 5.41) is 1.54. The van der Waals surface area contributed by atoms with Crippen molar-refractivity contribution in [2.45, 2.75) is 24.4 Å². The maximum atomic E-state index is 13.1. The van der Waals surface area contributed by atoms with Crippen LogP contribution in [0.3, 0.4) is 0 Å². The lowest BCUT2D eigenvalue weighted by atomic mass is 10.1. The number of carbonyl (C=O) groups is 1. The summed E-state index contributed by atoms with van der Waals surface area (Å²) in [5.41, 5.74) is 1.56. The fourth-order valence-corrected chi connectivity index (χ4v) is 5.55. The monoisotopic (exact) mass is 380 g/mol. The number of hydrogen-bond acceptors (Lipinski definition) is 3. The fourth-order valence-electron chi connectivity index (χ4n) is 3.69. The molecule has 1 heterocycles. The summed E-state index contributed by atoms with van der Waals surface area (Å²) in [5.74, 6) is -0.243. The second kappa shape index (κ2) is 6.39. The van der Waals surface area contributed by atoms with Crippen LogP contribution in [0.1, 0.15) is 12.5 Å². The number of anilines is 1. The van der Waals surface area contributed by atoms with Crippen LogP contribution in [0.15, 0.2) is 71.6 Å². The second-order valence-corrected chi connectivity index (χ2v) is 8.57. The molecule has 1 aliphatic heterocycles. The number of hydrogen-bond donors (Lipinski definition) is 0. The van der Waals surface area contributed by atoms with E-state index < -0.39 is 16.1 Å². The summed E-state index contributed by atoms with van der Waals surface area (Å²) in [6, 6.07) is 19.5. The van der Waals surface area contributed by atoms with Gasteiger partial charge in [0.15, 0.2) is 0 Å². The Hall–Kier alpha value is -2.86. The van der Waals surface area contributed by atoms with Crippen LogP contribution in [0.5, 0.6) is 0 Å². The van der Waals surface area contributed by atoms with E-state index in [0.29, 0.717) is 17.6 Å². The van der Waals surface area contributed by atoms with E-state index >= 15 is 0 Å². The molecule has 0 N–H and O–H groups in total. The van der Waals surface area contributed by atoms with Gasteiger partial charge in [-0.3, -0.25) is 9.10 Å². The van der Waals surface area contributed by atoms with Gasteiger partial charge in [-0.2, -0.15) is 0 Å². The molecule has 4 rings (SSSR count). The zero-order valence-corrected chi connectivity index (χ0v) is 16.0. The maximum absolute atomic E-state index is 13.1. The molecule has 0 spiro atoms. The van der Waals surface area contributed by atoms with Crippen LogP contribution in [-0.2, 0) is 21.4 Å². The molecule has 0 radical (unpaired) electrons. The molecule has 0 saturated heterocycles. The fraction of sp³-hybridized carbons (Fsp3) is 0.190. The average Bonchev–Trinajstić information content (AvgIpc) is 2.90. The number of rotatable bonds is 4. The van der Waals surface area contributed by atoms with Gasteiger partial charge in [0.05, 0.1) is 10.6 Å². The standard InChI is InChI=1S/C21H20N2O3S/c1-15(21(24)22(2)14-16-8-4-3-5-9-16)23-18-12-6-10-17-11-7-13-19(20(17)18)27(23,25)26/h3-13,15H,14H2,1-2H3/t15-/m1/s1. The van der Waals surface area contributed by atoms with Crippen LogP contribution < -0.4 is 4.31 Å². The van der Waals surface area contributed by atoms with Crippen molar-refractivity contribution in [3.05, 3.63) is 72.3 Å². The first-order chi connectivity index (χ1) is 12.9. The molecule has 3 aromatic carbocycles. The first-order valence-corrected chi connectivity index (χ1v) is 10.2. The third kappa shape index (κ3) is 2.77. The molecule has 0 fully saturated rings. The molecule has 5 nitrogen and oxygen atoms in total. The molecule has 3 aromatic rings. The van der Waals surface area contributed by atoms with Crippen LogP contribution in [0.2, 0.25) is 0 Å². The van der Waals surface area contributed by atoms with Gasteiger partial charge in [-0.15, -0.1) is 0 Å². The molecule has 0 aliphatic carbocycles. The molecule has 138 valence electrons. The Balaban J connectivity index is 1.69. The zero-order valence-electron chi connectivity index (χ0n) is 15.2. The van der Waals surface area contributed by atoms with E-state index in [2.05, 4.69) is 0 Å². The summed E-state index contributed by atoms with van der Waals surface area (Å²) in [4.78, 5) is 14.8. The lowest BCUT2D eigenvalue weighted by Crippen LogP contribution is -2.47. The molecule has 1 atom stereocenters. The van der Waals surface area contributed by atoms with Crippen molar-refractivity contribution >= 4 is 32.4 Å². The van der Waals surface area contributed by atoms with E-state index in [4.69, 9.17) is 0 Å². The molecule has 1 aliphatic rings. The molecular weight excluding hydrogens is 360 g/mol. The quantitative estimate of drug-likeness (QED) is 0.697. The number of amides is 1. The SMILES string of the molecule is C[C@H](C(=O)N(C)Cc1ccccc1)N1c2cccc3cccc(c23)S1(=O)=O. The summed E-state index contributed by atoms with van der Waals surface area (Å²) in [7, 11) is -2.07. The Morgan fingerprint density at radius 3 is 2.37 bits per heavy atom. The van der Waals surface area contributed by atoms with Crippen molar-refractivity contribution in [1.82, 2.24) is 4.90 Å². The summed E-state index contributed by atoms with van der Waals surface area (Å²) < 4.78 is 27.6. The van der Waals surface area contributed by atoms with Crippen LogP contribution >= 0.6 is 0 Å². The molecule has 1 amide bonds. The Morgan fingerprint density at radius 2 is 1.67 bits per heavy atom. The number of benzene rings is 3. The van der Waals surface area contributed by atoms with E-state index in [1.807, 2.05) is 48.5 Å². The molecule has 6 heteroatoms. The van der Waals surface area contributed by atoms with Crippen molar-refractivity contribution < 1.29 is 13.2 Å². The van der Waals surface area contributed by atoms with Crippen LogP contribution in [0.4, 0.5) is 5.69 Å². The number of sulfonamides is 1. The zero-order chi connectivity index (χ0) is 19.2. The van der Waals surface area contributed by atoms with Gasteiger partial charge < -0.3 is 4.90 Å². The second-order valence-electron chi connectivity index (χ2n) is 6.79. The van der Waals surface area contributed by atoms with Gasteiger partial charge in [0.1, 0.15) is 6.04 Å². The van der Waals surface area contributed by atoms with Gasteiger partial charge in [0, 0.05) is 19.0 Å². The van der Waals surface area contributed by atoms with Crippen molar-refractivity contribution in [3.8, 4) is 0 Å². The Bertz CT molecular complexity index is 1120. The number of carbonyl (C=O) groups excluding carboxylic acids is 1. The minimum Gasteiger partial charge on any atom is -0.340 e. The van der Waals surface area contributed by atoms with E-state index in [1.54, 1.807) is 37.1 Å². The smallest absolute Gasteiger partial charge is 0.265 e. The average molecular weight is 380 g/mol. The minimum atomic E-state index is -3.76. The highest BCUT2D eigenvalue weighted by Gasteiger charge is 2.41. The molecule has 0 unspecified atom stereocenters. The van der Waals surface area contributed by atoms with Gasteiger partial charge in [0.2, 0.25) is 5.91 Å². The minimum absolute atomic E-state index is 0.243. The van der Waals surface area contributed by atoms with Gasteiger partial charge in [0.25, 0.3) is 10.0 Å². The Morgan fingerprint density at radius 1 is 1.00 bits per heavy atom. The molecule has 0 aromatic heterocycles. The molecule has 0 saturated carbocycles. The Labute approximate surface area is 158 Å². The van der Waals surface area contributed by atoms with E-state index in [-0.39, 0.29) is 10.8 Å². The number of likely N-dealkylation sites (N-methyl/N-ethyl adjacent to an activating group) is 1. The van der Waals surface area contributed by atoms with Crippen molar-refractivity contribution in [2.24, 2.45) is 0 Å². The third-order valence-electron chi connectivity index (χ3n) is 4.97. The lowest BCUT2D eigenvalue weighted by Gasteiger charge is -2.29. The van der Waals surface area contributed by atoms with E-state index in [0.717, 1.165) is 10.9 Å². The Kier molecular flexibility index (Phi) is 4.15. The summed E-state index contributed by atoms with van der Waals surface area (Å²) >= 11 is 0. The van der Waals surface area contributed by atoms with Crippen LogP contribution in [0, 0.1) is 0 Å². The van der Waals surface area contributed by atoms with Crippen molar-refractivity contribution in [3.63, 3.8) is 0 Å². The van der Waals surface area contributed by atoms with Crippen LogP contribution in [-0.4, -0.2) is 32.3 Å². The topological polar surface area (TPSA) is 57.7 Å². The van der Waals surface area contributed by atoms with Gasteiger partial charge >= 0.3 is 0 Å².